The van der Waals surface area contributed by atoms with Crippen LogP contribution in [0, 0.1) is 0 Å². The molecule has 7 heteroatoms. The number of nitrogens with zero attached hydrogens (tertiary/aromatic N) is 3. The summed E-state index contributed by atoms with van der Waals surface area (Å²) in [5, 5.41) is 15.0. The normalized spacial score (nSPS) is 21.5. The predicted molar refractivity (Wildman–Crippen MR) is 91.6 cm³/mol. The van der Waals surface area contributed by atoms with Crippen LogP contribution in [-0.4, -0.2) is 65.6 Å². The molecule has 1 aromatic rings. The minimum atomic E-state index is -0.298. The lowest BCUT2D eigenvalue weighted by molar-refractivity contribution is -0.130. The maximum absolute atomic E-state index is 12.4. The highest BCUT2D eigenvalue weighted by molar-refractivity contribution is 7.10. The number of hydrogen-bond acceptors (Lipinski definition) is 4. The number of thiophene rings is 1. The van der Waals surface area contributed by atoms with Crippen LogP contribution in [-0.2, 0) is 17.8 Å². The number of aliphatic imine (C=N–C) groups is 1. The summed E-state index contributed by atoms with van der Waals surface area (Å²) < 4.78 is 0. The van der Waals surface area contributed by atoms with Crippen LogP contribution in [0.2, 0.25) is 0 Å². The van der Waals surface area contributed by atoms with Crippen LogP contribution in [0.1, 0.15) is 23.8 Å². The van der Waals surface area contributed by atoms with Crippen molar-refractivity contribution in [2.75, 3.05) is 32.7 Å². The van der Waals surface area contributed by atoms with E-state index in [0.29, 0.717) is 13.1 Å². The van der Waals surface area contributed by atoms with Gasteiger partial charge in [-0.15, -0.1) is 11.3 Å². The van der Waals surface area contributed by atoms with E-state index >= 15 is 0 Å². The number of amides is 1. The Morgan fingerprint density at radius 1 is 1.48 bits per heavy atom. The molecule has 1 amide bonds. The van der Waals surface area contributed by atoms with Crippen LogP contribution in [0.5, 0.6) is 0 Å². The van der Waals surface area contributed by atoms with E-state index in [4.69, 9.17) is 0 Å². The maximum atomic E-state index is 12.4. The van der Waals surface area contributed by atoms with E-state index in [0.717, 1.165) is 38.4 Å². The largest absolute Gasteiger partial charge is 0.391 e. The first kappa shape index (κ1) is 16.3. The van der Waals surface area contributed by atoms with Gasteiger partial charge in [-0.1, -0.05) is 0 Å². The summed E-state index contributed by atoms with van der Waals surface area (Å²) in [5.41, 5.74) is 1.27. The zero-order valence-corrected chi connectivity index (χ0v) is 14.3. The molecule has 0 aliphatic carbocycles. The molecule has 0 saturated carbocycles. The summed E-state index contributed by atoms with van der Waals surface area (Å²) in [7, 11) is 0. The summed E-state index contributed by atoms with van der Waals surface area (Å²) in [6.45, 7) is 5.76. The van der Waals surface area contributed by atoms with E-state index in [1.54, 1.807) is 11.3 Å². The van der Waals surface area contributed by atoms with Gasteiger partial charge in [0.1, 0.15) is 6.54 Å². The van der Waals surface area contributed by atoms with Crippen LogP contribution >= 0.6 is 11.3 Å². The Bertz CT molecular complexity index is 586. The van der Waals surface area contributed by atoms with Gasteiger partial charge in [0.05, 0.1) is 6.10 Å². The van der Waals surface area contributed by atoms with Gasteiger partial charge in [0.2, 0.25) is 5.91 Å². The van der Waals surface area contributed by atoms with Crippen molar-refractivity contribution in [3.63, 3.8) is 0 Å². The van der Waals surface area contributed by atoms with E-state index in [2.05, 4.69) is 21.8 Å². The molecule has 0 radical (unpaired) electrons. The van der Waals surface area contributed by atoms with E-state index < -0.39 is 0 Å². The maximum Gasteiger partial charge on any atom is 0.244 e. The van der Waals surface area contributed by atoms with Gasteiger partial charge in [0, 0.05) is 37.6 Å². The van der Waals surface area contributed by atoms with Crippen LogP contribution in [0.4, 0.5) is 0 Å². The molecule has 126 valence electrons. The highest BCUT2D eigenvalue weighted by Crippen LogP contribution is 2.23. The third kappa shape index (κ3) is 3.84. The molecule has 1 fully saturated rings. The second kappa shape index (κ2) is 7.31. The second-order valence-electron chi connectivity index (χ2n) is 5.99. The Hall–Kier alpha value is -1.60. The fraction of sp³-hybridized carbons (Fsp3) is 0.625. The molecule has 1 atom stereocenters. The molecule has 2 aliphatic heterocycles. The van der Waals surface area contributed by atoms with Gasteiger partial charge in [0.15, 0.2) is 5.96 Å². The minimum Gasteiger partial charge on any atom is -0.391 e. The third-order valence-corrected chi connectivity index (χ3v) is 5.35. The fourth-order valence-corrected chi connectivity index (χ4v) is 3.95. The first-order chi connectivity index (χ1) is 11.2. The van der Waals surface area contributed by atoms with Gasteiger partial charge in [-0.05, 0) is 36.8 Å². The molecule has 0 aromatic carbocycles. The van der Waals surface area contributed by atoms with Gasteiger partial charge >= 0.3 is 0 Å². The highest BCUT2D eigenvalue weighted by atomic mass is 32.1. The van der Waals surface area contributed by atoms with Crippen molar-refractivity contribution in [1.29, 1.82) is 0 Å². The van der Waals surface area contributed by atoms with Crippen molar-refractivity contribution in [2.24, 2.45) is 4.99 Å². The fourth-order valence-electron chi connectivity index (χ4n) is 3.06. The van der Waals surface area contributed by atoms with Crippen molar-refractivity contribution >= 4 is 23.2 Å². The summed E-state index contributed by atoms with van der Waals surface area (Å²) in [5.74, 6) is 0.794. The average molecular weight is 336 g/mol. The molecule has 3 rings (SSSR count). The average Bonchev–Trinajstić information content (AvgIpc) is 3.18. The van der Waals surface area contributed by atoms with Crippen LogP contribution in [0.25, 0.3) is 0 Å². The van der Waals surface area contributed by atoms with Gasteiger partial charge in [-0.25, -0.2) is 4.99 Å². The third-order valence-electron chi connectivity index (χ3n) is 4.32. The highest BCUT2D eigenvalue weighted by Gasteiger charge is 2.24. The van der Waals surface area contributed by atoms with Crippen LogP contribution in [0.15, 0.2) is 16.4 Å². The summed E-state index contributed by atoms with van der Waals surface area (Å²) in [6.07, 6.45) is 1.40. The molecular weight excluding hydrogens is 312 g/mol. The van der Waals surface area contributed by atoms with E-state index in [9.17, 15) is 9.90 Å². The molecule has 1 saturated heterocycles. The van der Waals surface area contributed by atoms with E-state index in [-0.39, 0.29) is 18.6 Å². The topological polar surface area (TPSA) is 68.2 Å². The molecule has 2 aliphatic rings. The number of aliphatic hydroxyl groups excluding tert-OH is 1. The molecule has 0 bridgehead atoms. The first-order valence-corrected chi connectivity index (χ1v) is 9.09. The zero-order valence-electron chi connectivity index (χ0n) is 13.5. The van der Waals surface area contributed by atoms with E-state index in [1.165, 1.54) is 10.4 Å². The minimum absolute atomic E-state index is 0.0667. The van der Waals surface area contributed by atoms with Crippen molar-refractivity contribution < 1.29 is 9.90 Å². The second-order valence-corrected chi connectivity index (χ2v) is 6.99. The number of guanidine groups is 1. The predicted octanol–water partition coefficient (Wildman–Crippen LogP) is 0.665. The van der Waals surface area contributed by atoms with Crippen molar-refractivity contribution in [3.8, 4) is 0 Å². The Morgan fingerprint density at radius 3 is 3.09 bits per heavy atom. The molecular formula is C16H24N4O2S. The van der Waals surface area contributed by atoms with Gasteiger partial charge in [-0.3, -0.25) is 4.79 Å². The molecule has 2 N–H and O–H groups in total. The number of aliphatic hydroxyl groups is 1. The molecule has 0 unspecified atom stereocenters. The van der Waals surface area contributed by atoms with Gasteiger partial charge in [-0.2, -0.15) is 0 Å². The summed E-state index contributed by atoms with van der Waals surface area (Å²) in [6, 6.07) is 2.11. The summed E-state index contributed by atoms with van der Waals surface area (Å²) >= 11 is 1.78. The lowest BCUT2D eigenvalue weighted by atomic mass is 10.1. The van der Waals surface area contributed by atoms with Crippen LogP contribution in [0.3, 0.4) is 0 Å². The Balaban J connectivity index is 1.60. The number of carbonyl (C=O) groups excluding carboxylic acids is 1. The zero-order chi connectivity index (χ0) is 16.2. The summed E-state index contributed by atoms with van der Waals surface area (Å²) in [4.78, 5) is 22.2. The van der Waals surface area contributed by atoms with Crippen molar-refractivity contribution in [2.45, 2.75) is 32.4 Å². The number of carbonyl (C=O) groups is 1. The number of β-amino-alcohol motifs (C(OH)–C–C–N with tert-alkyl or cyclic N) is 1. The van der Waals surface area contributed by atoms with Crippen LogP contribution < -0.4 is 5.32 Å². The molecule has 6 nitrogen and oxygen atoms in total. The number of likely N-dealkylation sites (tertiary alicyclic amines) is 1. The van der Waals surface area contributed by atoms with Gasteiger partial charge in [0.25, 0.3) is 0 Å². The Morgan fingerprint density at radius 2 is 2.35 bits per heavy atom. The number of rotatable bonds is 3. The number of hydrogen-bond donors (Lipinski definition) is 2. The molecule has 3 heterocycles. The lowest BCUT2D eigenvalue weighted by Crippen LogP contribution is -2.42. The van der Waals surface area contributed by atoms with Gasteiger partial charge < -0.3 is 20.2 Å². The SMILES string of the molecule is CCNC(=NCC(=O)N1CCc2sccc2C1)N1CC[C@@H](O)C1. The van der Waals surface area contributed by atoms with Crippen molar-refractivity contribution in [1.82, 2.24) is 15.1 Å². The quantitative estimate of drug-likeness (QED) is 0.629. The lowest BCUT2D eigenvalue weighted by Gasteiger charge is -2.27. The monoisotopic (exact) mass is 336 g/mol. The first-order valence-electron chi connectivity index (χ1n) is 8.21. The molecule has 23 heavy (non-hydrogen) atoms. The molecule has 0 spiro atoms. The number of fused-ring (bicyclic) bond motifs is 1. The Labute approximate surface area is 140 Å². The molecule has 1 aromatic heterocycles. The van der Waals surface area contributed by atoms with Crippen molar-refractivity contribution in [3.05, 3.63) is 21.9 Å². The number of nitrogens with one attached hydrogen (secondary N) is 1. The van der Waals surface area contributed by atoms with E-state index in [1.807, 2.05) is 16.7 Å². The smallest absolute Gasteiger partial charge is 0.244 e. The standard InChI is InChI=1S/C16H24N4O2S/c1-2-17-16(20-6-3-13(21)11-20)18-9-15(22)19-7-4-14-12(10-19)5-8-23-14/h5,8,13,21H,2-4,6-7,9-11H2,1H3,(H,17,18)/t13-/m1/s1. The Kier molecular flexibility index (Phi) is 5.17.